The first kappa shape index (κ1) is 69.9. The summed E-state index contributed by atoms with van der Waals surface area (Å²) >= 11 is 0. The molecule has 5 heterocycles. The molecule has 512 valence electrons. The molecule has 1 unspecified atom stereocenters. The number of carbonyl (C=O) groups excluding carboxylic acids is 1. The van der Waals surface area contributed by atoms with Crippen molar-refractivity contribution in [3.63, 3.8) is 0 Å². The van der Waals surface area contributed by atoms with Gasteiger partial charge in [0.05, 0.1) is 62.4 Å². The Hall–Kier alpha value is -1.95. The first-order valence-electron chi connectivity index (χ1n) is 31.1. The molecule has 2 bridgehead atoms. The monoisotopic (exact) mass is 1290 g/mol. The number of hydrogen-bond donors (Lipinski definition) is 19. The van der Waals surface area contributed by atoms with Crippen molar-refractivity contribution in [2.75, 3.05) is 39.6 Å². The summed E-state index contributed by atoms with van der Waals surface area (Å²) in [5.74, 6) is -3.30. The number of aliphatic hydroxyl groups excluding tert-OH is 19. The van der Waals surface area contributed by atoms with Crippen LogP contribution in [-0.2, 0) is 56.9 Å². The fraction of sp³-hybridized carbons (Fsp3) is 0.948. The van der Waals surface area contributed by atoms with Crippen molar-refractivity contribution in [3.8, 4) is 0 Å². The molecule has 5 saturated carbocycles. The maximum atomic E-state index is 15.4. The van der Waals surface area contributed by atoms with Gasteiger partial charge in [0.25, 0.3) is 0 Å². The third kappa shape index (κ3) is 12.3. The lowest BCUT2D eigenvalue weighted by atomic mass is 9.41. The molecule has 5 saturated heterocycles. The predicted octanol–water partition coefficient (Wildman–Crippen LogP) is -7.53. The first-order valence-corrected chi connectivity index (χ1v) is 31.1. The molecule has 0 amide bonds. The zero-order chi connectivity index (χ0) is 64.7. The predicted molar refractivity (Wildman–Crippen MR) is 291 cm³/mol. The van der Waals surface area contributed by atoms with E-state index in [1.165, 1.54) is 6.92 Å². The topological polar surface area (TPSA) is 503 Å². The fourth-order valence-corrected chi connectivity index (χ4v) is 17.1. The standard InChI is InChI=1S/C58H94O31/c1-21-13-57-10-6-30-55(3,8-5-9-56(30,4)54(78)88-52-47(86-51-44(77)42(75)37(70)27(17-62)82-51)45(38(71)28(18-63)83-52)79-24-12-23(14-59)34(67)40(73)35(24)68)31(57)7-11-58(21,20-57)89-53-48(87-49-33(66)22(2)32(65)25(15-60)80-49)46(39(72)29(19-64)84-53)85-50-43(76)41(74)36(69)26(16-61)81-50/h22-53,59-77H,1,5-20H2,2-4H3/t22-,23+,24+,25+,26+,27+,28+,29+,30-,31-,32-,33+,34+,35-,36+,37+,38+,39+,40-,41-,42-,43+,44+,45-,46-,47+,48+,49-,50-,51-,52?,53-,55+,56+,57+,58-/m0/s1. The number of esters is 1. The molecule has 10 rings (SSSR count). The second-order valence-electron chi connectivity index (χ2n) is 27.3. The van der Waals surface area contributed by atoms with Crippen LogP contribution in [0.3, 0.4) is 0 Å². The van der Waals surface area contributed by atoms with Gasteiger partial charge < -0.3 is 149 Å². The highest BCUT2D eigenvalue weighted by Crippen LogP contribution is 2.74. The first-order chi connectivity index (χ1) is 42.1. The van der Waals surface area contributed by atoms with Gasteiger partial charge in [0, 0.05) is 18.4 Å². The molecule has 10 aliphatic rings. The van der Waals surface area contributed by atoms with E-state index in [-0.39, 0.29) is 12.3 Å². The summed E-state index contributed by atoms with van der Waals surface area (Å²) < 4.78 is 68.3. The fourth-order valence-electron chi connectivity index (χ4n) is 17.1. The molecular weight excluding hydrogens is 1190 g/mol. The Balaban J connectivity index is 0.921. The minimum atomic E-state index is -2.04. The molecule has 0 aromatic rings. The van der Waals surface area contributed by atoms with Crippen molar-refractivity contribution >= 4 is 5.97 Å². The molecule has 10 fully saturated rings. The smallest absolute Gasteiger partial charge is 0.314 e. The summed E-state index contributed by atoms with van der Waals surface area (Å²) in [6.07, 6.45) is -44.6. The summed E-state index contributed by atoms with van der Waals surface area (Å²) in [4.78, 5) is 15.4. The van der Waals surface area contributed by atoms with Crippen LogP contribution in [0.5, 0.6) is 0 Å². The Morgan fingerprint density at radius 2 is 0.944 bits per heavy atom. The van der Waals surface area contributed by atoms with Crippen molar-refractivity contribution in [2.24, 2.45) is 39.9 Å². The van der Waals surface area contributed by atoms with Gasteiger partial charge in [0.1, 0.15) is 116 Å². The normalized spacial score (nSPS) is 54.5. The third-order valence-electron chi connectivity index (χ3n) is 22.2. The molecule has 0 aromatic carbocycles. The van der Waals surface area contributed by atoms with Gasteiger partial charge in [-0.05, 0) is 93.0 Å². The Kier molecular flexibility index (Phi) is 21.4. The summed E-state index contributed by atoms with van der Waals surface area (Å²) in [5.41, 5.74) is -3.00. The molecule has 19 N–H and O–H groups in total. The van der Waals surface area contributed by atoms with Crippen LogP contribution in [0.1, 0.15) is 85.0 Å². The van der Waals surface area contributed by atoms with E-state index < -0.39 is 257 Å². The Bertz CT molecular complexity index is 2390. The molecule has 5 aliphatic heterocycles. The zero-order valence-electron chi connectivity index (χ0n) is 49.9. The van der Waals surface area contributed by atoms with Gasteiger partial charge in [-0.1, -0.05) is 26.8 Å². The quantitative estimate of drug-likeness (QED) is 0.0344. The lowest BCUT2D eigenvalue weighted by Crippen LogP contribution is -2.67. The van der Waals surface area contributed by atoms with Crippen LogP contribution in [-0.4, -0.2) is 320 Å². The van der Waals surface area contributed by atoms with Crippen LogP contribution < -0.4 is 0 Å². The van der Waals surface area contributed by atoms with E-state index in [2.05, 4.69) is 13.5 Å². The van der Waals surface area contributed by atoms with Crippen molar-refractivity contribution in [1.82, 2.24) is 0 Å². The van der Waals surface area contributed by atoms with Gasteiger partial charge in [-0.25, -0.2) is 0 Å². The summed E-state index contributed by atoms with van der Waals surface area (Å²) in [6, 6.07) is 0. The second kappa shape index (κ2) is 27.3. The minimum absolute atomic E-state index is 0.113. The molecule has 89 heavy (non-hydrogen) atoms. The second-order valence-corrected chi connectivity index (χ2v) is 27.3. The van der Waals surface area contributed by atoms with E-state index in [1.54, 1.807) is 6.92 Å². The maximum absolute atomic E-state index is 15.4. The Morgan fingerprint density at radius 3 is 1.49 bits per heavy atom. The highest BCUT2D eigenvalue weighted by Gasteiger charge is 2.70. The van der Waals surface area contributed by atoms with Crippen LogP contribution in [0.4, 0.5) is 0 Å². The average Bonchev–Trinajstić information content (AvgIpc) is 1.62. The SMILES string of the molecule is C=C1C[C@@]23CC[C@H]4[C@@](C)(CCC[C@@]4(C)C(=O)OC4O[C@H](CO)[C@@H](O)[C@H](O[C@@H]5C[C@H](CO)[C@@H](O)[C@H](O)[C@H]5O)[C@H]4O[C@@H]4O[C@H](CO)[C@@H](O)[C@H](O)[C@H]4O)[C@@H]2CC[C@]1(O[C@@H]1O[C@H](CO)[C@@H](O)[C@H](O[C@@H]2O[C@H](CO)[C@@H](O)[C@H](O)[C@H]2O)[C@H]1O[C@@H]1O[C@H](CO)[C@@H](O)[C@H](C)[C@H]1O)C3. The lowest BCUT2D eigenvalue weighted by molar-refractivity contribution is -0.398. The maximum Gasteiger partial charge on any atom is 0.314 e. The Labute approximate surface area is 512 Å². The van der Waals surface area contributed by atoms with Gasteiger partial charge >= 0.3 is 5.97 Å². The van der Waals surface area contributed by atoms with E-state index in [9.17, 15) is 97.0 Å². The average molecular weight is 1290 g/mol. The Morgan fingerprint density at radius 1 is 0.483 bits per heavy atom. The van der Waals surface area contributed by atoms with Crippen LogP contribution in [0.15, 0.2) is 12.2 Å². The van der Waals surface area contributed by atoms with Gasteiger partial charge in [0.2, 0.25) is 6.29 Å². The molecule has 36 atom stereocenters. The van der Waals surface area contributed by atoms with E-state index in [0.717, 1.165) is 0 Å². The van der Waals surface area contributed by atoms with Crippen molar-refractivity contribution in [3.05, 3.63) is 12.2 Å². The van der Waals surface area contributed by atoms with Gasteiger partial charge in [-0.15, -0.1) is 0 Å². The summed E-state index contributed by atoms with van der Waals surface area (Å²) in [6.45, 7) is 5.18. The molecule has 31 heteroatoms. The highest BCUT2D eigenvalue weighted by atomic mass is 16.8. The van der Waals surface area contributed by atoms with Crippen LogP contribution in [0.2, 0.25) is 0 Å². The van der Waals surface area contributed by atoms with Crippen LogP contribution in [0.25, 0.3) is 0 Å². The van der Waals surface area contributed by atoms with E-state index in [4.69, 9.17) is 52.1 Å². The van der Waals surface area contributed by atoms with Gasteiger partial charge in [-0.2, -0.15) is 0 Å². The number of rotatable bonds is 18. The number of fused-ring (bicyclic) bond motifs is 3. The zero-order valence-corrected chi connectivity index (χ0v) is 49.9. The van der Waals surface area contributed by atoms with Crippen molar-refractivity contribution < 1.29 is 154 Å². The highest BCUT2D eigenvalue weighted by molar-refractivity contribution is 5.77. The van der Waals surface area contributed by atoms with Gasteiger partial charge in [-0.3, -0.25) is 4.79 Å². The molecule has 5 aliphatic carbocycles. The summed E-state index contributed by atoms with van der Waals surface area (Å²) in [7, 11) is 0. The third-order valence-corrected chi connectivity index (χ3v) is 22.2. The van der Waals surface area contributed by atoms with Gasteiger partial charge in [0.15, 0.2) is 31.3 Å². The lowest BCUT2D eigenvalue weighted by Gasteiger charge is -2.64. The number of carbonyl (C=O) groups is 1. The largest absolute Gasteiger partial charge is 0.432 e. The van der Waals surface area contributed by atoms with Crippen LogP contribution in [0, 0.1) is 39.9 Å². The molecule has 1 spiro atoms. The number of aliphatic hydroxyl groups is 19. The molecule has 0 radical (unpaired) electrons. The van der Waals surface area contributed by atoms with E-state index in [0.29, 0.717) is 63.4 Å². The van der Waals surface area contributed by atoms with Crippen LogP contribution >= 0.6 is 0 Å². The van der Waals surface area contributed by atoms with Crippen molar-refractivity contribution in [2.45, 2.75) is 262 Å². The molecule has 31 nitrogen and oxygen atoms in total. The van der Waals surface area contributed by atoms with Crippen molar-refractivity contribution in [1.29, 1.82) is 0 Å². The molecular formula is C58H94O31. The minimum Gasteiger partial charge on any atom is -0.432 e. The number of hydrogen-bond acceptors (Lipinski definition) is 31. The van der Waals surface area contributed by atoms with E-state index >= 15 is 4.79 Å². The number of ether oxygens (including phenoxy) is 11. The molecule has 0 aromatic heterocycles. The summed E-state index contributed by atoms with van der Waals surface area (Å²) in [5, 5.41) is 205. The van der Waals surface area contributed by atoms with E-state index in [1.807, 2.05) is 0 Å².